The highest BCUT2D eigenvalue weighted by molar-refractivity contribution is 7.15. The van der Waals surface area contributed by atoms with Crippen LogP contribution < -0.4 is 5.32 Å². The molecule has 1 saturated heterocycles. The van der Waals surface area contributed by atoms with E-state index in [2.05, 4.69) is 5.32 Å². The molecule has 1 aliphatic rings. The summed E-state index contributed by atoms with van der Waals surface area (Å²) in [6, 6.07) is 3.77. The lowest BCUT2D eigenvalue weighted by atomic mass is 10.1. The van der Waals surface area contributed by atoms with Gasteiger partial charge in [-0.25, -0.2) is 0 Å². The third-order valence-corrected chi connectivity index (χ3v) is 3.11. The van der Waals surface area contributed by atoms with E-state index in [9.17, 15) is 10.1 Å². The summed E-state index contributed by atoms with van der Waals surface area (Å²) < 4.78 is 0. The molecule has 0 bridgehead atoms. The van der Waals surface area contributed by atoms with Crippen molar-refractivity contribution in [1.29, 1.82) is 0 Å². The molecule has 0 unspecified atom stereocenters. The van der Waals surface area contributed by atoms with Crippen LogP contribution in [0.3, 0.4) is 0 Å². The largest absolute Gasteiger partial charge is 0.324 e. The van der Waals surface area contributed by atoms with Crippen LogP contribution in [0.1, 0.15) is 17.3 Å². The maximum absolute atomic E-state index is 10.3. The van der Waals surface area contributed by atoms with Crippen LogP contribution >= 0.6 is 23.7 Å². The third-order valence-electron chi connectivity index (χ3n) is 1.96. The van der Waals surface area contributed by atoms with Crippen LogP contribution in [0.5, 0.6) is 0 Å². The molecule has 0 amide bonds. The Labute approximate surface area is 85.5 Å². The molecule has 0 spiro atoms. The zero-order chi connectivity index (χ0) is 8.55. The van der Waals surface area contributed by atoms with Crippen molar-refractivity contribution in [2.75, 3.05) is 6.54 Å². The van der Waals surface area contributed by atoms with E-state index < -0.39 is 0 Å². The molecule has 1 aromatic heterocycles. The standard InChI is InChI=1S/C7H8N2O2S.ClH/c10-9(11)7-2-1-6(12-7)5-3-4-8-5;/h1-2,5,8H,3-4H2;1H/t5-;/m0./s1. The van der Waals surface area contributed by atoms with E-state index in [0.29, 0.717) is 6.04 Å². The number of rotatable bonds is 2. The number of thiophene rings is 1. The van der Waals surface area contributed by atoms with E-state index >= 15 is 0 Å². The van der Waals surface area contributed by atoms with Crippen LogP contribution in [0.2, 0.25) is 0 Å². The molecule has 0 radical (unpaired) electrons. The molecule has 72 valence electrons. The van der Waals surface area contributed by atoms with Gasteiger partial charge in [0, 0.05) is 17.0 Å². The van der Waals surface area contributed by atoms with Gasteiger partial charge in [-0.1, -0.05) is 11.3 Å². The summed E-state index contributed by atoms with van der Waals surface area (Å²) >= 11 is 1.26. The van der Waals surface area contributed by atoms with Crippen LogP contribution in [-0.4, -0.2) is 11.5 Å². The van der Waals surface area contributed by atoms with Gasteiger partial charge < -0.3 is 5.32 Å². The second-order valence-electron chi connectivity index (χ2n) is 2.73. The topological polar surface area (TPSA) is 55.2 Å². The summed E-state index contributed by atoms with van der Waals surface area (Å²) in [6.45, 7) is 1.02. The average molecular weight is 221 g/mol. The molecule has 2 rings (SSSR count). The third kappa shape index (κ3) is 1.99. The van der Waals surface area contributed by atoms with Crippen molar-refractivity contribution >= 4 is 28.7 Å². The second kappa shape index (κ2) is 4.04. The van der Waals surface area contributed by atoms with Crippen LogP contribution in [0.15, 0.2) is 12.1 Å². The predicted molar refractivity (Wildman–Crippen MR) is 53.6 cm³/mol. The molecule has 6 heteroatoms. The summed E-state index contributed by atoms with van der Waals surface area (Å²) in [4.78, 5) is 11.1. The zero-order valence-electron chi connectivity index (χ0n) is 6.73. The fraction of sp³-hybridized carbons (Fsp3) is 0.429. The molecule has 1 atom stereocenters. The fourth-order valence-electron chi connectivity index (χ4n) is 1.16. The van der Waals surface area contributed by atoms with E-state index in [4.69, 9.17) is 0 Å². The lowest BCUT2D eigenvalue weighted by Crippen LogP contribution is -2.34. The summed E-state index contributed by atoms with van der Waals surface area (Å²) in [6.07, 6.45) is 1.09. The normalized spacial score (nSPS) is 20.2. The van der Waals surface area contributed by atoms with Crippen molar-refractivity contribution in [2.45, 2.75) is 12.5 Å². The van der Waals surface area contributed by atoms with Gasteiger partial charge in [-0.3, -0.25) is 10.1 Å². The van der Waals surface area contributed by atoms with E-state index in [0.717, 1.165) is 17.8 Å². The van der Waals surface area contributed by atoms with Crippen molar-refractivity contribution in [3.8, 4) is 0 Å². The maximum Gasteiger partial charge on any atom is 0.324 e. The fourth-order valence-corrected chi connectivity index (χ4v) is 2.09. The Hall–Kier alpha value is -0.650. The van der Waals surface area contributed by atoms with Crippen LogP contribution in [0.25, 0.3) is 0 Å². The minimum absolute atomic E-state index is 0. The highest BCUT2D eigenvalue weighted by atomic mass is 35.5. The zero-order valence-corrected chi connectivity index (χ0v) is 8.36. The molecule has 0 aliphatic carbocycles. The number of halogens is 1. The van der Waals surface area contributed by atoms with E-state index in [1.165, 1.54) is 11.3 Å². The summed E-state index contributed by atoms with van der Waals surface area (Å²) in [5.41, 5.74) is 0. The van der Waals surface area contributed by atoms with E-state index in [-0.39, 0.29) is 22.3 Å². The molecule has 1 aromatic rings. The summed E-state index contributed by atoms with van der Waals surface area (Å²) in [5, 5.41) is 13.8. The van der Waals surface area contributed by atoms with Crippen LogP contribution in [0, 0.1) is 10.1 Å². The summed E-state index contributed by atoms with van der Waals surface area (Å²) in [5.74, 6) is 0. The number of nitrogens with zero attached hydrogens (tertiary/aromatic N) is 1. The first-order valence-corrected chi connectivity index (χ1v) is 4.56. The first-order chi connectivity index (χ1) is 5.77. The van der Waals surface area contributed by atoms with Gasteiger partial charge in [-0.2, -0.15) is 0 Å². The van der Waals surface area contributed by atoms with Gasteiger partial charge >= 0.3 is 5.00 Å². The minimum Gasteiger partial charge on any atom is -0.309 e. The Kier molecular flexibility index (Phi) is 3.24. The molecule has 1 aliphatic heterocycles. The van der Waals surface area contributed by atoms with Gasteiger partial charge in [-0.15, -0.1) is 12.4 Å². The smallest absolute Gasteiger partial charge is 0.309 e. The van der Waals surface area contributed by atoms with Crippen molar-refractivity contribution in [3.05, 3.63) is 27.1 Å². The van der Waals surface area contributed by atoms with Crippen molar-refractivity contribution in [1.82, 2.24) is 5.32 Å². The SMILES string of the molecule is Cl.O=[N+]([O-])c1ccc([C@@H]2CCN2)s1. The van der Waals surface area contributed by atoms with Gasteiger partial charge in [0.2, 0.25) is 0 Å². The van der Waals surface area contributed by atoms with Gasteiger partial charge in [0.1, 0.15) is 0 Å². The molecule has 4 nitrogen and oxygen atoms in total. The van der Waals surface area contributed by atoms with Gasteiger partial charge in [0.15, 0.2) is 0 Å². The Morgan fingerprint density at radius 2 is 2.31 bits per heavy atom. The Balaban J connectivity index is 0.000000845. The van der Waals surface area contributed by atoms with Crippen LogP contribution in [-0.2, 0) is 0 Å². The molecule has 2 heterocycles. The maximum atomic E-state index is 10.3. The van der Waals surface area contributed by atoms with E-state index in [1.807, 2.05) is 6.07 Å². The number of nitrogens with one attached hydrogen (secondary N) is 1. The predicted octanol–water partition coefficient (Wildman–Crippen LogP) is 2.11. The molecule has 0 aromatic carbocycles. The van der Waals surface area contributed by atoms with E-state index in [1.54, 1.807) is 6.07 Å². The minimum atomic E-state index is -0.340. The molecule has 13 heavy (non-hydrogen) atoms. The van der Waals surface area contributed by atoms with Crippen molar-refractivity contribution in [3.63, 3.8) is 0 Å². The highest BCUT2D eigenvalue weighted by Gasteiger charge is 2.22. The molecule has 1 N–H and O–H groups in total. The number of hydrogen-bond acceptors (Lipinski definition) is 4. The number of nitro groups is 1. The second-order valence-corrected chi connectivity index (χ2v) is 3.82. The molecular formula is C7H9ClN2O2S. The van der Waals surface area contributed by atoms with Gasteiger partial charge in [0.05, 0.1) is 4.92 Å². The lowest BCUT2D eigenvalue weighted by molar-refractivity contribution is -0.380. The quantitative estimate of drug-likeness (QED) is 0.614. The molecular weight excluding hydrogens is 212 g/mol. The van der Waals surface area contributed by atoms with Crippen LogP contribution in [0.4, 0.5) is 5.00 Å². The molecule has 0 saturated carbocycles. The molecule has 1 fully saturated rings. The van der Waals surface area contributed by atoms with Crippen molar-refractivity contribution in [2.24, 2.45) is 0 Å². The van der Waals surface area contributed by atoms with Gasteiger partial charge in [-0.05, 0) is 19.0 Å². The highest BCUT2D eigenvalue weighted by Crippen LogP contribution is 2.32. The Morgan fingerprint density at radius 1 is 1.62 bits per heavy atom. The number of hydrogen-bond donors (Lipinski definition) is 1. The Morgan fingerprint density at radius 3 is 2.69 bits per heavy atom. The average Bonchev–Trinajstić information content (AvgIpc) is 2.32. The lowest BCUT2D eigenvalue weighted by Gasteiger charge is -2.25. The summed E-state index contributed by atoms with van der Waals surface area (Å²) in [7, 11) is 0. The van der Waals surface area contributed by atoms with Crippen molar-refractivity contribution < 1.29 is 4.92 Å². The monoisotopic (exact) mass is 220 g/mol. The van der Waals surface area contributed by atoms with Gasteiger partial charge in [0.25, 0.3) is 0 Å². The first-order valence-electron chi connectivity index (χ1n) is 3.75. The first kappa shape index (κ1) is 10.4. The Bertz CT molecular complexity index is 311.